The number of nitrogens with zero attached hydrogens (tertiary/aromatic N) is 3. The number of rotatable bonds is 6. The van der Waals surface area contributed by atoms with Crippen molar-refractivity contribution in [3.05, 3.63) is 11.9 Å². The number of nitrogen functional groups attached to an aromatic ring is 1. The van der Waals surface area contributed by atoms with Crippen LogP contribution in [0.2, 0.25) is 0 Å². The van der Waals surface area contributed by atoms with Gasteiger partial charge in [-0.15, -0.1) is 0 Å². The van der Waals surface area contributed by atoms with Gasteiger partial charge in [0, 0.05) is 25.6 Å². The lowest BCUT2D eigenvalue weighted by molar-refractivity contribution is 0.187. The SMILES string of the molecule is CC(O)CCN(C)c1cc(NN)nc(C2CC2)n1. The van der Waals surface area contributed by atoms with Gasteiger partial charge in [-0.25, -0.2) is 15.8 Å². The lowest BCUT2D eigenvalue weighted by Gasteiger charge is -2.20. The van der Waals surface area contributed by atoms with Gasteiger partial charge in [0.25, 0.3) is 0 Å². The third-order valence-electron chi connectivity index (χ3n) is 3.09. The molecule has 0 aliphatic heterocycles. The number of nitrogens with two attached hydrogens (primary N) is 1. The van der Waals surface area contributed by atoms with Crippen molar-refractivity contribution >= 4 is 11.6 Å². The summed E-state index contributed by atoms with van der Waals surface area (Å²) in [5.74, 6) is 8.28. The molecule has 0 amide bonds. The fourth-order valence-corrected chi connectivity index (χ4v) is 1.74. The molecule has 0 spiro atoms. The van der Waals surface area contributed by atoms with Gasteiger partial charge in [-0.2, -0.15) is 0 Å². The van der Waals surface area contributed by atoms with E-state index in [0.717, 1.165) is 31.0 Å². The Morgan fingerprint density at radius 1 is 1.56 bits per heavy atom. The number of anilines is 2. The van der Waals surface area contributed by atoms with E-state index in [4.69, 9.17) is 5.84 Å². The second-order valence-corrected chi connectivity index (χ2v) is 4.95. The summed E-state index contributed by atoms with van der Waals surface area (Å²) >= 11 is 0. The molecule has 0 bridgehead atoms. The van der Waals surface area contributed by atoms with Crippen molar-refractivity contribution in [1.82, 2.24) is 9.97 Å². The molecule has 2 rings (SSSR count). The Labute approximate surface area is 107 Å². The Balaban J connectivity index is 2.12. The number of hydrazine groups is 1. The number of nitrogens with one attached hydrogen (secondary N) is 1. The average molecular weight is 251 g/mol. The van der Waals surface area contributed by atoms with Crippen LogP contribution in [0.3, 0.4) is 0 Å². The van der Waals surface area contributed by atoms with Crippen LogP contribution in [0.25, 0.3) is 0 Å². The number of hydrogen-bond donors (Lipinski definition) is 3. The highest BCUT2D eigenvalue weighted by atomic mass is 16.3. The second kappa shape index (κ2) is 5.49. The summed E-state index contributed by atoms with van der Waals surface area (Å²) in [7, 11) is 1.96. The molecule has 0 saturated heterocycles. The third-order valence-corrected chi connectivity index (χ3v) is 3.09. The minimum absolute atomic E-state index is 0.302. The Morgan fingerprint density at radius 3 is 2.83 bits per heavy atom. The molecular formula is C12H21N5O. The molecule has 6 heteroatoms. The molecule has 18 heavy (non-hydrogen) atoms. The minimum Gasteiger partial charge on any atom is -0.393 e. The Bertz CT molecular complexity index is 405. The molecule has 1 unspecified atom stereocenters. The zero-order valence-electron chi connectivity index (χ0n) is 10.9. The van der Waals surface area contributed by atoms with E-state index in [9.17, 15) is 5.11 Å². The quantitative estimate of drug-likeness (QED) is 0.513. The first-order valence-electron chi connectivity index (χ1n) is 6.35. The molecule has 100 valence electrons. The highest BCUT2D eigenvalue weighted by Crippen LogP contribution is 2.39. The van der Waals surface area contributed by atoms with Crippen LogP contribution in [0.15, 0.2) is 6.07 Å². The van der Waals surface area contributed by atoms with Crippen LogP contribution in [-0.4, -0.2) is 34.8 Å². The molecular weight excluding hydrogens is 230 g/mol. The molecule has 1 fully saturated rings. The minimum atomic E-state index is -0.302. The fraction of sp³-hybridized carbons (Fsp3) is 0.667. The van der Waals surface area contributed by atoms with Crippen LogP contribution in [0, 0.1) is 0 Å². The number of hydrogen-bond acceptors (Lipinski definition) is 6. The molecule has 0 aromatic carbocycles. The first kappa shape index (κ1) is 13.0. The lowest BCUT2D eigenvalue weighted by Crippen LogP contribution is -2.24. The van der Waals surface area contributed by atoms with Crippen LogP contribution < -0.4 is 16.2 Å². The van der Waals surface area contributed by atoms with E-state index < -0.39 is 0 Å². The topological polar surface area (TPSA) is 87.3 Å². The number of aliphatic hydroxyl groups is 1. The maximum atomic E-state index is 9.31. The third kappa shape index (κ3) is 3.30. The van der Waals surface area contributed by atoms with Crippen molar-refractivity contribution < 1.29 is 5.11 Å². The van der Waals surface area contributed by atoms with E-state index in [2.05, 4.69) is 15.4 Å². The zero-order valence-corrected chi connectivity index (χ0v) is 10.9. The zero-order chi connectivity index (χ0) is 13.1. The van der Waals surface area contributed by atoms with Crippen LogP contribution in [0.4, 0.5) is 11.6 Å². The van der Waals surface area contributed by atoms with Crippen LogP contribution in [0.5, 0.6) is 0 Å². The van der Waals surface area contributed by atoms with Crippen molar-refractivity contribution in [1.29, 1.82) is 0 Å². The number of aromatic nitrogens is 2. The molecule has 1 aliphatic carbocycles. The summed E-state index contributed by atoms with van der Waals surface area (Å²) in [5, 5.41) is 9.31. The summed E-state index contributed by atoms with van der Waals surface area (Å²) in [4.78, 5) is 10.9. The van der Waals surface area contributed by atoms with Crippen molar-refractivity contribution in [3.63, 3.8) is 0 Å². The van der Waals surface area contributed by atoms with E-state index >= 15 is 0 Å². The first-order chi connectivity index (χ1) is 8.60. The summed E-state index contributed by atoms with van der Waals surface area (Å²) in [6, 6.07) is 1.83. The molecule has 1 aromatic heterocycles. The molecule has 6 nitrogen and oxygen atoms in total. The largest absolute Gasteiger partial charge is 0.393 e. The summed E-state index contributed by atoms with van der Waals surface area (Å²) < 4.78 is 0. The Kier molecular flexibility index (Phi) is 3.98. The molecule has 0 radical (unpaired) electrons. The monoisotopic (exact) mass is 251 g/mol. The predicted molar refractivity (Wildman–Crippen MR) is 71.4 cm³/mol. The summed E-state index contributed by atoms with van der Waals surface area (Å²) in [6.45, 7) is 2.54. The number of aliphatic hydroxyl groups excluding tert-OH is 1. The van der Waals surface area contributed by atoms with Gasteiger partial charge in [0.1, 0.15) is 17.5 Å². The Morgan fingerprint density at radius 2 is 2.28 bits per heavy atom. The lowest BCUT2D eigenvalue weighted by atomic mass is 10.3. The Hall–Kier alpha value is -1.40. The van der Waals surface area contributed by atoms with E-state index in [-0.39, 0.29) is 6.10 Å². The van der Waals surface area contributed by atoms with Crippen molar-refractivity contribution in [2.45, 2.75) is 38.2 Å². The second-order valence-electron chi connectivity index (χ2n) is 4.95. The predicted octanol–water partition coefficient (Wildman–Crippen LogP) is 0.847. The van der Waals surface area contributed by atoms with Gasteiger partial charge in [0.05, 0.1) is 6.10 Å². The normalized spacial score (nSPS) is 16.4. The fourth-order valence-electron chi connectivity index (χ4n) is 1.74. The standard InChI is InChI=1S/C12H21N5O/c1-8(18)5-6-17(2)11-7-10(16-13)14-12(15-11)9-3-4-9/h7-9,18H,3-6,13H2,1-2H3,(H,14,15,16). The van der Waals surface area contributed by atoms with Gasteiger partial charge in [0.2, 0.25) is 0 Å². The highest BCUT2D eigenvalue weighted by Gasteiger charge is 2.27. The van der Waals surface area contributed by atoms with Gasteiger partial charge in [-0.1, -0.05) is 0 Å². The van der Waals surface area contributed by atoms with Crippen LogP contribution >= 0.6 is 0 Å². The molecule has 1 heterocycles. The van der Waals surface area contributed by atoms with Gasteiger partial charge in [0.15, 0.2) is 0 Å². The first-order valence-corrected chi connectivity index (χ1v) is 6.35. The van der Waals surface area contributed by atoms with Crippen molar-refractivity contribution in [2.24, 2.45) is 5.84 Å². The van der Waals surface area contributed by atoms with Gasteiger partial charge >= 0.3 is 0 Å². The molecule has 1 atom stereocenters. The molecule has 1 aromatic rings. The average Bonchev–Trinajstić information content (AvgIpc) is 3.19. The van der Waals surface area contributed by atoms with Gasteiger partial charge < -0.3 is 15.4 Å². The van der Waals surface area contributed by atoms with Crippen LogP contribution in [0.1, 0.15) is 37.9 Å². The highest BCUT2D eigenvalue weighted by molar-refractivity contribution is 5.49. The summed E-state index contributed by atoms with van der Waals surface area (Å²) in [5.41, 5.74) is 2.58. The smallest absolute Gasteiger partial charge is 0.145 e. The van der Waals surface area contributed by atoms with Crippen molar-refractivity contribution in [2.75, 3.05) is 23.9 Å². The maximum absolute atomic E-state index is 9.31. The van der Waals surface area contributed by atoms with Crippen LogP contribution in [-0.2, 0) is 0 Å². The van der Waals surface area contributed by atoms with E-state index in [1.165, 1.54) is 0 Å². The van der Waals surface area contributed by atoms with Gasteiger partial charge in [-0.05, 0) is 26.2 Å². The molecule has 4 N–H and O–H groups in total. The molecule has 1 saturated carbocycles. The summed E-state index contributed by atoms with van der Waals surface area (Å²) in [6.07, 6.45) is 2.73. The van der Waals surface area contributed by atoms with E-state index in [0.29, 0.717) is 18.2 Å². The van der Waals surface area contributed by atoms with Crippen molar-refractivity contribution in [3.8, 4) is 0 Å². The maximum Gasteiger partial charge on any atom is 0.145 e. The van der Waals surface area contributed by atoms with E-state index in [1.54, 1.807) is 6.92 Å². The molecule has 1 aliphatic rings. The van der Waals surface area contributed by atoms with Gasteiger partial charge in [-0.3, -0.25) is 0 Å². The van der Waals surface area contributed by atoms with E-state index in [1.807, 2.05) is 18.0 Å².